The zero-order valence-corrected chi connectivity index (χ0v) is 10.9. The second-order valence-electron chi connectivity index (χ2n) is 4.64. The highest BCUT2D eigenvalue weighted by molar-refractivity contribution is 7.27. The van der Waals surface area contributed by atoms with Crippen molar-refractivity contribution in [3.63, 3.8) is 0 Å². The molecule has 0 aliphatic rings. The lowest BCUT2D eigenvalue weighted by Gasteiger charge is -2.16. The Balaban J connectivity index is 3.00. The van der Waals surface area contributed by atoms with Gasteiger partial charge in [0.15, 0.2) is 0 Å². The number of hydrogen-bond donors (Lipinski definition) is 0. The molecule has 0 aliphatic carbocycles. The molecule has 0 radical (unpaired) electrons. The quantitative estimate of drug-likeness (QED) is 0.681. The molecule has 0 saturated carbocycles. The molecule has 1 aromatic heterocycles. The normalized spacial score (nSPS) is 13.4. The third-order valence-electron chi connectivity index (χ3n) is 2.33. The second-order valence-corrected chi connectivity index (χ2v) is 6.31. The topological polar surface area (TPSA) is 45.1 Å². The van der Waals surface area contributed by atoms with Crippen LogP contribution in [-0.4, -0.2) is 8.51 Å². The van der Waals surface area contributed by atoms with Crippen LogP contribution in [0, 0.1) is 0 Å². The van der Waals surface area contributed by atoms with Gasteiger partial charge in [0.2, 0.25) is 4.70 Å². The van der Waals surface area contributed by atoms with Crippen molar-refractivity contribution in [2.45, 2.75) is 26.3 Å². The second kappa shape index (κ2) is 3.58. The van der Waals surface area contributed by atoms with Gasteiger partial charge < -0.3 is 4.55 Å². The Hall–Kier alpha value is -0.840. The first kappa shape index (κ1) is 11.6. The summed E-state index contributed by atoms with van der Waals surface area (Å²) in [7, 11) is -1.49. The van der Waals surface area contributed by atoms with Gasteiger partial charge in [0.25, 0.3) is 0 Å². The van der Waals surface area contributed by atoms with Crippen molar-refractivity contribution in [2.75, 3.05) is 0 Å². The Bertz CT molecular complexity index is 607. The molecule has 0 aliphatic heterocycles. The van der Waals surface area contributed by atoms with Crippen molar-refractivity contribution < 1.29 is 4.55 Å². The Morgan fingerprint density at radius 2 is 2.00 bits per heavy atom. The van der Waals surface area contributed by atoms with Crippen LogP contribution in [0.3, 0.4) is 0 Å². The lowest BCUT2D eigenvalue weighted by Crippen LogP contribution is -2.30. The summed E-state index contributed by atoms with van der Waals surface area (Å²) in [6, 6.07) is 5.01. The molecule has 5 heteroatoms. The minimum absolute atomic E-state index is 0.219. The SMILES string of the molecule is CC(C)(C)n1c(=O)c2cccc(Cl)c2[s+]1[O-]. The van der Waals surface area contributed by atoms with Crippen LogP contribution in [0.1, 0.15) is 20.8 Å². The predicted molar refractivity (Wildman–Crippen MR) is 66.9 cm³/mol. The lowest BCUT2D eigenvalue weighted by molar-refractivity contribution is 0.402. The van der Waals surface area contributed by atoms with Gasteiger partial charge in [-0.1, -0.05) is 17.7 Å². The molecule has 1 atom stereocenters. The first-order chi connectivity index (χ1) is 7.34. The number of benzene rings is 1. The van der Waals surface area contributed by atoms with Crippen LogP contribution in [0.2, 0.25) is 5.02 Å². The molecule has 0 N–H and O–H groups in total. The number of hydrogen-bond acceptors (Lipinski definition) is 2. The molecule has 86 valence electrons. The van der Waals surface area contributed by atoms with E-state index in [-0.39, 0.29) is 5.56 Å². The molecule has 0 amide bonds. The Morgan fingerprint density at radius 1 is 1.38 bits per heavy atom. The Labute approximate surface area is 101 Å². The van der Waals surface area contributed by atoms with E-state index in [1.54, 1.807) is 18.2 Å². The molecule has 1 aromatic carbocycles. The largest absolute Gasteiger partial charge is 0.570 e. The van der Waals surface area contributed by atoms with E-state index in [1.807, 2.05) is 20.8 Å². The van der Waals surface area contributed by atoms with Crippen LogP contribution in [0.5, 0.6) is 0 Å². The van der Waals surface area contributed by atoms with E-state index in [0.717, 1.165) is 0 Å². The molecule has 0 saturated heterocycles. The van der Waals surface area contributed by atoms with Gasteiger partial charge in [-0.05, 0) is 32.9 Å². The summed E-state index contributed by atoms with van der Waals surface area (Å²) < 4.78 is 14.0. The summed E-state index contributed by atoms with van der Waals surface area (Å²) in [5.74, 6) is 0. The highest BCUT2D eigenvalue weighted by Crippen LogP contribution is 2.34. The van der Waals surface area contributed by atoms with E-state index in [4.69, 9.17) is 11.6 Å². The Kier molecular flexibility index (Phi) is 2.61. The highest BCUT2D eigenvalue weighted by Gasteiger charge is 2.28. The van der Waals surface area contributed by atoms with Crippen molar-refractivity contribution in [3.05, 3.63) is 33.6 Å². The minimum atomic E-state index is -1.49. The fourth-order valence-electron chi connectivity index (χ4n) is 1.68. The van der Waals surface area contributed by atoms with Crippen LogP contribution in [0.25, 0.3) is 10.1 Å². The maximum absolute atomic E-state index is 12.2. The van der Waals surface area contributed by atoms with Gasteiger partial charge in [-0.2, -0.15) is 0 Å². The fraction of sp³-hybridized carbons (Fsp3) is 0.364. The average Bonchev–Trinajstić information content (AvgIpc) is 2.39. The number of rotatable bonds is 0. The van der Waals surface area contributed by atoms with Gasteiger partial charge >= 0.3 is 5.56 Å². The van der Waals surface area contributed by atoms with Crippen LogP contribution in [0.15, 0.2) is 23.0 Å². The van der Waals surface area contributed by atoms with Crippen molar-refractivity contribution in [3.8, 4) is 0 Å². The highest BCUT2D eigenvalue weighted by atomic mass is 35.5. The molecular weight excluding hydrogens is 246 g/mol. The first-order valence-corrected chi connectivity index (χ1v) is 6.37. The molecular formula is C11H12ClNO2S. The summed E-state index contributed by atoms with van der Waals surface area (Å²) in [5, 5.41) is 0.830. The Morgan fingerprint density at radius 3 is 2.50 bits per heavy atom. The molecule has 0 bridgehead atoms. The third-order valence-corrected chi connectivity index (χ3v) is 4.59. The maximum atomic E-state index is 12.2. The van der Waals surface area contributed by atoms with E-state index in [0.29, 0.717) is 15.1 Å². The predicted octanol–water partition coefficient (Wildman–Crippen LogP) is 3.14. The van der Waals surface area contributed by atoms with Crippen molar-refractivity contribution >= 4 is 32.6 Å². The number of aromatic nitrogens is 1. The molecule has 2 aromatic rings. The van der Waals surface area contributed by atoms with E-state index in [2.05, 4.69) is 0 Å². The lowest BCUT2D eigenvalue weighted by atomic mass is 10.1. The summed E-state index contributed by atoms with van der Waals surface area (Å²) in [4.78, 5) is 12.1. The number of nitrogens with zero attached hydrogens (tertiary/aromatic N) is 1. The van der Waals surface area contributed by atoms with Gasteiger partial charge in [-0.25, -0.2) is 0 Å². The standard InChI is InChI=1S/C11H12ClNO2S/c1-11(2,3)13-10(14)7-5-4-6-8(12)9(7)16(13)15/h4-6H,1-3H3. The molecule has 2 rings (SSSR count). The van der Waals surface area contributed by atoms with E-state index < -0.39 is 16.5 Å². The average molecular weight is 258 g/mol. The molecule has 0 spiro atoms. The molecule has 16 heavy (non-hydrogen) atoms. The van der Waals surface area contributed by atoms with Crippen LogP contribution < -0.4 is 5.56 Å². The van der Waals surface area contributed by atoms with Crippen LogP contribution >= 0.6 is 22.5 Å². The number of halogens is 1. The van der Waals surface area contributed by atoms with Crippen molar-refractivity contribution in [1.82, 2.24) is 3.96 Å². The first-order valence-electron chi connectivity index (χ1n) is 4.89. The molecule has 1 unspecified atom stereocenters. The van der Waals surface area contributed by atoms with Gasteiger partial charge in [0.05, 0.1) is 16.5 Å². The summed E-state index contributed by atoms with van der Waals surface area (Å²) in [6.45, 7) is 5.55. The van der Waals surface area contributed by atoms with Gasteiger partial charge in [-0.3, -0.25) is 4.79 Å². The smallest absolute Gasteiger partial charge is 0.304 e. The number of fused-ring (bicyclic) bond motifs is 1. The fourth-order valence-corrected chi connectivity index (χ4v) is 3.56. The minimum Gasteiger partial charge on any atom is -0.570 e. The van der Waals surface area contributed by atoms with Gasteiger partial charge in [0, 0.05) is 0 Å². The zero-order chi connectivity index (χ0) is 12.1. The third kappa shape index (κ3) is 1.57. The summed E-state index contributed by atoms with van der Waals surface area (Å²) >= 11 is 5.97. The van der Waals surface area contributed by atoms with Gasteiger partial charge in [-0.15, -0.1) is 3.96 Å². The zero-order valence-electron chi connectivity index (χ0n) is 9.28. The van der Waals surface area contributed by atoms with Crippen molar-refractivity contribution in [1.29, 1.82) is 0 Å². The molecule has 0 fully saturated rings. The molecule has 3 nitrogen and oxygen atoms in total. The van der Waals surface area contributed by atoms with E-state index in [1.165, 1.54) is 3.96 Å². The van der Waals surface area contributed by atoms with E-state index in [9.17, 15) is 9.35 Å². The van der Waals surface area contributed by atoms with Gasteiger partial charge in [0.1, 0.15) is 10.4 Å². The molecule has 1 heterocycles. The maximum Gasteiger partial charge on any atom is 0.304 e. The van der Waals surface area contributed by atoms with Crippen LogP contribution in [-0.2, 0) is 5.54 Å². The van der Waals surface area contributed by atoms with Crippen LogP contribution in [0.4, 0.5) is 0 Å². The summed E-state index contributed by atoms with van der Waals surface area (Å²) in [5.41, 5.74) is -0.701. The summed E-state index contributed by atoms with van der Waals surface area (Å²) in [6.07, 6.45) is 0. The van der Waals surface area contributed by atoms with E-state index >= 15 is 0 Å². The monoisotopic (exact) mass is 257 g/mol. The van der Waals surface area contributed by atoms with Crippen molar-refractivity contribution in [2.24, 2.45) is 0 Å².